The smallest absolute Gasteiger partial charge is 0.141 e. The molecule has 4 nitrogen and oxygen atoms in total. The van der Waals surface area contributed by atoms with Gasteiger partial charge in [0.1, 0.15) is 5.82 Å². The molecule has 0 radical (unpaired) electrons. The summed E-state index contributed by atoms with van der Waals surface area (Å²) < 4.78 is 2.40. The van der Waals surface area contributed by atoms with Crippen LogP contribution in [0.4, 0.5) is 0 Å². The van der Waals surface area contributed by atoms with Crippen molar-refractivity contribution in [3.8, 4) is 11.4 Å². The number of fused-ring (bicyclic) bond motifs is 1. The Labute approximate surface area is 213 Å². The van der Waals surface area contributed by atoms with Gasteiger partial charge >= 0.3 is 0 Å². The number of nitrogens with zero attached hydrogens (tertiary/aromatic N) is 4. The molecule has 0 spiro atoms. The second kappa shape index (κ2) is 10.5. The van der Waals surface area contributed by atoms with Crippen LogP contribution in [0.5, 0.6) is 0 Å². The molecule has 180 valence electrons. The van der Waals surface area contributed by atoms with Gasteiger partial charge in [-0.15, -0.1) is 0 Å². The zero-order valence-electron chi connectivity index (χ0n) is 20.6. The summed E-state index contributed by atoms with van der Waals surface area (Å²) >= 11 is 0. The van der Waals surface area contributed by atoms with Gasteiger partial charge in [-0.05, 0) is 23.3 Å². The summed E-state index contributed by atoms with van der Waals surface area (Å²) in [5.41, 5.74) is 6.19. The Morgan fingerprint density at radius 1 is 0.583 bits per heavy atom. The average Bonchev–Trinajstić information content (AvgIpc) is 3.33. The van der Waals surface area contributed by atoms with E-state index >= 15 is 0 Å². The lowest BCUT2D eigenvalue weighted by Crippen LogP contribution is -2.48. The van der Waals surface area contributed by atoms with Gasteiger partial charge in [-0.3, -0.25) is 9.80 Å². The van der Waals surface area contributed by atoms with Crippen molar-refractivity contribution in [3.05, 3.63) is 126 Å². The van der Waals surface area contributed by atoms with E-state index in [1.165, 1.54) is 22.2 Å². The first-order valence-electron chi connectivity index (χ1n) is 12.9. The van der Waals surface area contributed by atoms with Gasteiger partial charge in [-0.1, -0.05) is 103 Å². The number of para-hydroxylation sites is 2. The summed E-state index contributed by atoms with van der Waals surface area (Å²) in [6.45, 7) is 6.23. The van der Waals surface area contributed by atoms with Gasteiger partial charge in [0.25, 0.3) is 0 Å². The van der Waals surface area contributed by atoms with Crippen molar-refractivity contribution >= 4 is 11.0 Å². The molecule has 0 atom stereocenters. The summed E-state index contributed by atoms with van der Waals surface area (Å²) in [4.78, 5) is 10.2. The lowest BCUT2D eigenvalue weighted by Gasteiger charge is -2.40. The van der Waals surface area contributed by atoms with Crippen LogP contribution in [0.15, 0.2) is 115 Å². The van der Waals surface area contributed by atoms with Crippen LogP contribution in [0.3, 0.4) is 0 Å². The highest BCUT2D eigenvalue weighted by Crippen LogP contribution is 2.30. The van der Waals surface area contributed by atoms with Crippen molar-refractivity contribution in [1.29, 1.82) is 0 Å². The lowest BCUT2D eigenvalue weighted by molar-refractivity contribution is 0.107. The minimum Gasteiger partial charge on any atom is -0.323 e. The molecule has 1 aliphatic rings. The van der Waals surface area contributed by atoms with Crippen LogP contribution < -0.4 is 0 Å². The van der Waals surface area contributed by atoms with Crippen molar-refractivity contribution in [2.45, 2.75) is 12.6 Å². The first-order valence-corrected chi connectivity index (χ1v) is 12.9. The van der Waals surface area contributed by atoms with Gasteiger partial charge in [0.2, 0.25) is 0 Å². The minimum absolute atomic E-state index is 0.303. The molecular formula is C32H32N4. The Bertz CT molecular complexity index is 1350. The highest BCUT2D eigenvalue weighted by atomic mass is 15.3. The van der Waals surface area contributed by atoms with Crippen LogP contribution in [0, 0.1) is 0 Å². The molecule has 0 N–H and O–H groups in total. The van der Waals surface area contributed by atoms with Gasteiger partial charge in [0.15, 0.2) is 0 Å². The number of aromatic nitrogens is 2. The maximum absolute atomic E-state index is 4.99. The van der Waals surface area contributed by atoms with Crippen LogP contribution in [-0.2, 0) is 6.54 Å². The van der Waals surface area contributed by atoms with Crippen LogP contribution in [0.1, 0.15) is 17.2 Å². The summed E-state index contributed by atoms with van der Waals surface area (Å²) in [5.74, 6) is 1.06. The normalized spacial score (nSPS) is 15.0. The zero-order chi connectivity index (χ0) is 24.2. The van der Waals surface area contributed by atoms with Gasteiger partial charge in [-0.25, -0.2) is 4.98 Å². The standard InChI is InChI=1S/C32H32N4/c1-4-12-26(13-5-1)31(27-14-6-2-7-15-27)35-23-20-34(21-24-35)22-25-36-30-19-11-10-18-29(30)33-32(36)28-16-8-3-9-17-28/h1-19,31H,20-25H2. The molecule has 0 aliphatic carbocycles. The molecule has 5 aromatic rings. The summed E-state index contributed by atoms with van der Waals surface area (Å²) in [6.07, 6.45) is 0. The SMILES string of the molecule is c1ccc(-c2nc3ccccc3n2CCN2CCN(C(c3ccccc3)c3ccccc3)CC2)cc1. The largest absolute Gasteiger partial charge is 0.323 e. The molecule has 1 saturated heterocycles. The fraction of sp³-hybridized carbons (Fsp3) is 0.219. The third-order valence-corrected chi connectivity index (χ3v) is 7.33. The minimum atomic E-state index is 0.303. The molecule has 0 bridgehead atoms. The second-order valence-corrected chi connectivity index (χ2v) is 9.54. The van der Waals surface area contributed by atoms with Crippen LogP contribution in [0.2, 0.25) is 0 Å². The van der Waals surface area contributed by atoms with E-state index < -0.39 is 0 Å². The van der Waals surface area contributed by atoms with Gasteiger partial charge < -0.3 is 4.57 Å². The zero-order valence-corrected chi connectivity index (χ0v) is 20.6. The average molecular weight is 473 g/mol. The van der Waals surface area contributed by atoms with Crippen molar-refractivity contribution in [2.75, 3.05) is 32.7 Å². The van der Waals surface area contributed by atoms with Crippen LogP contribution >= 0.6 is 0 Å². The van der Waals surface area contributed by atoms with Gasteiger partial charge in [-0.2, -0.15) is 0 Å². The number of hydrogen-bond acceptors (Lipinski definition) is 3. The fourth-order valence-corrected chi connectivity index (χ4v) is 5.48. The van der Waals surface area contributed by atoms with Crippen molar-refractivity contribution < 1.29 is 0 Å². The first kappa shape index (κ1) is 22.7. The maximum Gasteiger partial charge on any atom is 0.141 e. The van der Waals surface area contributed by atoms with E-state index in [1.807, 2.05) is 0 Å². The Morgan fingerprint density at radius 3 is 1.78 bits per heavy atom. The molecule has 0 saturated carbocycles. The lowest BCUT2D eigenvalue weighted by atomic mass is 9.96. The molecule has 1 fully saturated rings. The van der Waals surface area contributed by atoms with E-state index in [-0.39, 0.29) is 0 Å². The molecule has 1 aromatic heterocycles. The number of rotatable bonds is 7. The van der Waals surface area contributed by atoms with Gasteiger partial charge in [0.05, 0.1) is 17.1 Å². The second-order valence-electron chi connectivity index (χ2n) is 9.54. The highest BCUT2D eigenvalue weighted by molar-refractivity contribution is 5.80. The molecule has 0 unspecified atom stereocenters. The highest BCUT2D eigenvalue weighted by Gasteiger charge is 2.26. The molecule has 6 rings (SSSR count). The fourth-order valence-electron chi connectivity index (χ4n) is 5.48. The Morgan fingerprint density at radius 2 is 1.14 bits per heavy atom. The molecule has 1 aliphatic heterocycles. The monoisotopic (exact) mass is 472 g/mol. The predicted molar refractivity (Wildman–Crippen MR) is 148 cm³/mol. The van der Waals surface area contributed by atoms with E-state index in [9.17, 15) is 0 Å². The summed E-state index contributed by atoms with van der Waals surface area (Å²) in [6, 6.07) is 41.2. The van der Waals surface area contributed by atoms with Crippen molar-refractivity contribution in [1.82, 2.24) is 19.4 Å². The summed E-state index contributed by atoms with van der Waals surface area (Å²) in [5, 5.41) is 0. The van der Waals surface area contributed by atoms with E-state index in [0.717, 1.165) is 50.6 Å². The number of hydrogen-bond donors (Lipinski definition) is 0. The molecular weight excluding hydrogens is 440 g/mol. The first-order chi connectivity index (χ1) is 17.9. The maximum atomic E-state index is 4.99. The third-order valence-electron chi connectivity index (χ3n) is 7.33. The van der Waals surface area contributed by atoms with E-state index in [2.05, 4.69) is 130 Å². The molecule has 2 heterocycles. The van der Waals surface area contributed by atoms with Gasteiger partial charge in [0, 0.05) is 44.8 Å². The summed E-state index contributed by atoms with van der Waals surface area (Å²) in [7, 11) is 0. The predicted octanol–water partition coefficient (Wildman–Crippen LogP) is 6.11. The Kier molecular flexibility index (Phi) is 6.62. The number of benzene rings is 4. The van der Waals surface area contributed by atoms with Crippen LogP contribution in [0.25, 0.3) is 22.4 Å². The molecule has 4 aromatic carbocycles. The molecule has 0 amide bonds. The topological polar surface area (TPSA) is 24.3 Å². The number of piperazine rings is 1. The Hall–Kier alpha value is -3.73. The Balaban J connectivity index is 1.18. The van der Waals surface area contributed by atoms with Crippen molar-refractivity contribution in [3.63, 3.8) is 0 Å². The van der Waals surface area contributed by atoms with E-state index in [1.54, 1.807) is 0 Å². The quantitative estimate of drug-likeness (QED) is 0.286. The van der Waals surface area contributed by atoms with Crippen LogP contribution in [-0.4, -0.2) is 52.1 Å². The number of imidazole rings is 1. The van der Waals surface area contributed by atoms with E-state index in [4.69, 9.17) is 4.98 Å². The third kappa shape index (κ3) is 4.70. The van der Waals surface area contributed by atoms with E-state index in [0.29, 0.717) is 6.04 Å². The molecule has 36 heavy (non-hydrogen) atoms. The van der Waals surface area contributed by atoms with Crippen molar-refractivity contribution in [2.24, 2.45) is 0 Å². The molecule has 4 heteroatoms.